The topological polar surface area (TPSA) is 88.1 Å². The van der Waals surface area contributed by atoms with Crippen molar-refractivity contribution in [1.29, 1.82) is 0 Å². The van der Waals surface area contributed by atoms with Gasteiger partial charge in [-0.25, -0.2) is 13.8 Å². The van der Waals surface area contributed by atoms with Crippen molar-refractivity contribution in [3.05, 3.63) is 59.2 Å². The van der Waals surface area contributed by atoms with E-state index in [9.17, 15) is 13.2 Å². The maximum absolute atomic E-state index is 12.3. The number of amides is 1. The summed E-state index contributed by atoms with van der Waals surface area (Å²) in [5.41, 5.74) is 5.39. The molecule has 0 fully saturated rings. The lowest BCUT2D eigenvalue weighted by molar-refractivity contribution is -0.119. The second-order valence-electron chi connectivity index (χ2n) is 7.56. The molecule has 2 aromatic rings. The summed E-state index contributed by atoms with van der Waals surface area (Å²) in [5.74, 6) is 0.674. The third kappa shape index (κ3) is 6.88. The number of aryl methyl sites for hydroxylation is 1. The Hall–Kier alpha value is -2.87. The number of anilines is 1. The number of nitrogens with zero attached hydrogens (tertiary/aromatic N) is 2. The molecule has 1 N–H and O–H groups in total. The van der Waals surface area contributed by atoms with Crippen LogP contribution in [0.15, 0.2) is 47.6 Å². The van der Waals surface area contributed by atoms with Gasteiger partial charge in [0.1, 0.15) is 12.3 Å². The Kier molecular flexibility index (Phi) is 8.00. The summed E-state index contributed by atoms with van der Waals surface area (Å²) in [5, 5.41) is 3.93. The second-order valence-corrected chi connectivity index (χ2v) is 9.46. The minimum absolute atomic E-state index is 0.359. The van der Waals surface area contributed by atoms with Crippen molar-refractivity contribution < 1.29 is 17.9 Å². The van der Waals surface area contributed by atoms with Gasteiger partial charge in [-0.15, -0.1) is 0 Å². The van der Waals surface area contributed by atoms with Gasteiger partial charge in [-0.1, -0.05) is 26.0 Å². The summed E-state index contributed by atoms with van der Waals surface area (Å²) in [6.07, 6.45) is 2.57. The van der Waals surface area contributed by atoms with Crippen LogP contribution in [0, 0.1) is 19.8 Å². The summed E-state index contributed by atoms with van der Waals surface area (Å²) >= 11 is 0. The largest absolute Gasteiger partial charge is 0.493 e. The van der Waals surface area contributed by atoms with Gasteiger partial charge >= 0.3 is 0 Å². The fourth-order valence-corrected chi connectivity index (χ4v) is 3.55. The Morgan fingerprint density at radius 3 is 2.43 bits per heavy atom. The Bertz CT molecular complexity index is 1000. The van der Waals surface area contributed by atoms with Crippen LogP contribution < -0.4 is 14.5 Å². The predicted octanol–water partition coefficient (Wildman–Crippen LogP) is 3.25. The van der Waals surface area contributed by atoms with Crippen LogP contribution in [0.1, 0.15) is 30.5 Å². The molecular formula is C22H29N3O4S. The first-order chi connectivity index (χ1) is 14.1. The third-order valence-electron chi connectivity index (χ3n) is 4.40. The minimum Gasteiger partial charge on any atom is -0.493 e. The van der Waals surface area contributed by atoms with Gasteiger partial charge in [-0.2, -0.15) is 5.10 Å². The van der Waals surface area contributed by atoms with Gasteiger partial charge in [0.2, 0.25) is 10.0 Å². The zero-order chi connectivity index (χ0) is 22.3. The molecule has 0 saturated carbocycles. The number of carbonyl (C=O) groups is 1. The lowest BCUT2D eigenvalue weighted by Gasteiger charge is -2.23. The highest BCUT2D eigenvalue weighted by Crippen LogP contribution is 2.24. The van der Waals surface area contributed by atoms with Crippen molar-refractivity contribution in [1.82, 2.24) is 5.43 Å². The Labute approximate surface area is 178 Å². The van der Waals surface area contributed by atoms with E-state index in [0.29, 0.717) is 18.2 Å². The van der Waals surface area contributed by atoms with Gasteiger partial charge in [0.05, 0.1) is 24.8 Å². The van der Waals surface area contributed by atoms with E-state index in [1.165, 1.54) is 6.21 Å². The molecule has 0 aromatic heterocycles. The van der Waals surface area contributed by atoms with E-state index in [0.717, 1.165) is 33.0 Å². The molecule has 0 aliphatic carbocycles. The number of benzene rings is 2. The second kappa shape index (κ2) is 10.2. The van der Waals surface area contributed by atoms with E-state index < -0.39 is 15.9 Å². The molecule has 2 aromatic carbocycles. The minimum atomic E-state index is -3.64. The Morgan fingerprint density at radius 1 is 1.17 bits per heavy atom. The average Bonchev–Trinajstić information content (AvgIpc) is 2.67. The van der Waals surface area contributed by atoms with Crippen LogP contribution in [0.2, 0.25) is 0 Å². The third-order valence-corrected chi connectivity index (χ3v) is 5.53. The molecule has 0 bridgehead atoms. The Morgan fingerprint density at radius 2 is 1.83 bits per heavy atom. The molecule has 0 saturated heterocycles. The zero-order valence-corrected chi connectivity index (χ0v) is 18.9. The maximum atomic E-state index is 12.3. The first kappa shape index (κ1) is 23.4. The molecule has 0 unspecified atom stereocenters. The number of ether oxygens (including phenoxy) is 1. The van der Waals surface area contributed by atoms with Crippen molar-refractivity contribution in [2.24, 2.45) is 11.0 Å². The number of hydrazone groups is 1. The molecular weight excluding hydrogens is 402 g/mol. The molecule has 0 atom stereocenters. The first-order valence-electron chi connectivity index (χ1n) is 9.66. The predicted molar refractivity (Wildman–Crippen MR) is 121 cm³/mol. The van der Waals surface area contributed by atoms with E-state index in [4.69, 9.17) is 4.74 Å². The van der Waals surface area contributed by atoms with Crippen molar-refractivity contribution in [2.75, 3.05) is 23.7 Å². The molecule has 162 valence electrons. The lowest BCUT2D eigenvalue weighted by Crippen LogP contribution is -2.39. The first-order valence-corrected chi connectivity index (χ1v) is 11.5. The van der Waals surface area contributed by atoms with Crippen molar-refractivity contribution in [2.45, 2.75) is 27.7 Å². The van der Waals surface area contributed by atoms with Gasteiger partial charge in [-0.3, -0.25) is 9.10 Å². The van der Waals surface area contributed by atoms with Crippen LogP contribution >= 0.6 is 0 Å². The molecule has 2 rings (SSSR count). The van der Waals surface area contributed by atoms with Crippen LogP contribution in [0.4, 0.5) is 5.69 Å². The summed E-state index contributed by atoms with van der Waals surface area (Å²) in [6, 6.07) is 12.6. The van der Waals surface area contributed by atoms with Gasteiger partial charge < -0.3 is 4.74 Å². The van der Waals surface area contributed by atoms with E-state index in [1.54, 1.807) is 12.1 Å². The standard InChI is InChI=1S/C22H29N3O4S/c1-16(2)15-29-20-11-9-19(10-12-20)13-23-24-22(26)14-25(30(5,27)28)21-8-6-7-17(3)18(21)4/h6-13,16H,14-15H2,1-5H3,(H,24,26)/b23-13-. The monoisotopic (exact) mass is 431 g/mol. The molecule has 0 heterocycles. The van der Waals surface area contributed by atoms with Crippen molar-refractivity contribution >= 4 is 27.8 Å². The highest BCUT2D eigenvalue weighted by molar-refractivity contribution is 7.92. The van der Waals surface area contributed by atoms with Gasteiger partial charge in [0, 0.05) is 0 Å². The summed E-state index contributed by atoms with van der Waals surface area (Å²) in [4.78, 5) is 12.3. The molecule has 0 aliphatic heterocycles. The number of nitrogens with one attached hydrogen (secondary N) is 1. The molecule has 1 amide bonds. The zero-order valence-electron chi connectivity index (χ0n) is 18.0. The van der Waals surface area contributed by atoms with Crippen LogP contribution in [0.5, 0.6) is 5.75 Å². The number of rotatable bonds is 9. The number of hydrogen-bond acceptors (Lipinski definition) is 5. The fraction of sp³-hybridized carbons (Fsp3) is 0.364. The molecule has 0 aliphatic rings. The molecule has 0 spiro atoms. The average molecular weight is 432 g/mol. The SMILES string of the molecule is Cc1cccc(N(CC(=O)N/N=C\c2ccc(OCC(C)C)cc2)S(C)(=O)=O)c1C. The van der Waals surface area contributed by atoms with Crippen LogP contribution in [-0.2, 0) is 14.8 Å². The Balaban J connectivity index is 2.01. The number of carbonyl (C=O) groups excluding carboxylic acids is 1. The van der Waals surface area contributed by atoms with Crippen LogP contribution in [0.25, 0.3) is 0 Å². The number of sulfonamides is 1. The quantitative estimate of drug-likeness (QED) is 0.488. The van der Waals surface area contributed by atoms with Crippen LogP contribution in [-0.4, -0.2) is 39.9 Å². The molecule has 30 heavy (non-hydrogen) atoms. The van der Waals surface area contributed by atoms with E-state index in [2.05, 4.69) is 24.4 Å². The fourth-order valence-electron chi connectivity index (χ4n) is 2.64. The highest BCUT2D eigenvalue weighted by Gasteiger charge is 2.22. The molecule has 8 heteroatoms. The van der Waals surface area contributed by atoms with Crippen LogP contribution in [0.3, 0.4) is 0 Å². The van der Waals surface area contributed by atoms with Gasteiger partial charge in [-0.05, 0) is 66.8 Å². The number of hydrogen-bond donors (Lipinski definition) is 1. The van der Waals surface area contributed by atoms with Crippen molar-refractivity contribution in [3.63, 3.8) is 0 Å². The smallest absolute Gasteiger partial charge is 0.260 e. The van der Waals surface area contributed by atoms with Gasteiger partial charge in [0.25, 0.3) is 5.91 Å². The molecule has 7 nitrogen and oxygen atoms in total. The lowest BCUT2D eigenvalue weighted by atomic mass is 10.1. The van der Waals surface area contributed by atoms with E-state index in [1.807, 2.05) is 44.2 Å². The summed E-state index contributed by atoms with van der Waals surface area (Å²) in [7, 11) is -3.64. The van der Waals surface area contributed by atoms with E-state index in [-0.39, 0.29) is 6.54 Å². The maximum Gasteiger partial charge on any atom is 0.260 e. The highest BCUT2D eigenvalue weighted by atomic mass is 32.2. The van der Waals surface area contributed by atoms with Gasteiger partial charge in [0.15, 0.2) is 0 Å². The van der Waals surface area contributed by atoms with E-state index >= 15 is 0 Å². The summed E-state index contributed by atoms with van der Waals surface area (Å²) < 4.78 is 31.2. The van der Waals surface area contributed by atoms with Crippen molar-refractivity contribution in [3.8, 4) is 5.75 Å². The summed E-state index contributed by atoms with van der Waals surface area (Å²) in [6.45, 7) is 8.16. The molecule has 0 radical (unpaired) electrons. The normalized spacial score (nSPS) is 11.7.